The Morgan fingerprint density at radius 2 is 2.13 bits per heavy atom. The summed E-state index contributed by atoms with van der Waals surface area (Å²) in [6.07, 6.45) is 0. The first-order valence-corrected chi connectivity index (χ1v) is 4.94. The molecule has 0 aliphatic heterocycles. The van der Waals surface area contributed by atoms with Crippen LogP contribution in [0.15, 0.2) is 22.7 Å². The van der Waals surface area contributed by atoms with Gasteiger partial charge < -0.3 is 10.3 Å². The number of hydrogen-bond acceptors (Lipinski definition) is 4. The largest absolute Gasteiger partial charge is 0.338 e. The summed E-state index contributed by atoms with van der Waals surface area (Å²) in [7, 11) is 0. The monoisotopic (exact) mass is 243 g/mol. The van der Waals surface area contributed by atoms with E-state index in [-0.39, 0.29) is 6.54 Å². The second-order valence-electron chi connectivity index (χ2n) is 2.84. The smallest absolute Gasteiger partial charge is 0.240 e. The Morgan fingerprint density at radius 3 is 2.73 bits per heavy atom. The van der Waals surface area contributed by atoms with E-state index in [4.69, 9.17) is 33.5 Å². The van der Waals surface area contributed by atoms with Crippen molar-refractivity contribution >= 4 is 23.2 Å². The average Bonchev–Trinajstić information content (AvgIpc) is 2.66. The van der Waals surface area contributed by atoms with E-state index in [0.717, 1.165) is 0 Å². The molecule has 78 valence electrons. The van der Waals surface area contributed by atoms with E-state index in [0.29, 0.717) is 27.3 Å². The number of halogens is 2. The molecule has 4 nitrogen and oxygen atoms in total. The summed E-state index contributed by atoms with van der Waals surface area (Å²) in [5.74, 6) is 0.785. The standard InChI is InChI=1S/C9H7Cl2N3O/c10-5-1-2-6(7(11)3-5)9-13-8(4-12)15-14-9/h1-3H,4,12H2. The van der Waals surface area contributed by atoms with Gasteiger partial charge in [-0.1, -0.05) is 28.4 Å². The van der Waals surface area contributed by atoms with Crippen molar-refractivity contribution in [2.24, 2.45) is 5.73 Å². The Labute approximate surface area is 96.0 Å². The van der Waals surface area contributed by atoms with Crippen LogP contribution < -0.4 is 5.73 Å². The van der Waals surface area contributed by atoms with Gasteiger partial charge in [0.2, 0.25) is 11.7 Å². The minimum Gasteiger partial charge on any atom is -0.338 e. The Hall–Kier alpha value is -1.10. The highest BCUT2D eigenvalue weighted by Gasteiger charge is 2.10. The van der Waals surface area contributed by atoms with E-state index in [1.807, 2.05) is 0 Å². The summed E-state index contributed by atoms with van der Waals surface area (Å²) in [6.45, 7) is 0.207. The molecule has 0 atom stereocenters. The van der Waals surface area contributed by atoms with E-state index in [1.54, 1.807) is 18.2 Å². The lowest BCUT2D eigenvalue weighted by Gasteiger charge is -1.98. The third-order valence-corrected chi connectivity index (χ3v) is 2.36. The summed E-state index contributed by atoms with van der Waals surface area (Å²) in [4.78, 5) is 4.06. The fourth-order valence-corrected chi connectivity index (χ4v) is 1.61. The molecule has 6 heteroatoms. The topological polar surface area (TPSA) is 64.9 Å². The molecule has 0 fully saturated rings. The lowest BCUT2D eigenvalue weighted by molar-refractivity contribution is 0.380. The number of rotatable bonds is 2. The summed E-state index contributed by atoms with van der Waals surface area (Å²) >= 11 is 11.7. The summed E-state index contributed by atoms with van der Waals surface area (Å²) in [6, 6.07) is 5.06. The first-order valence-electron chi connectivity index (χ1n) is 4.19. The zero-order chi connectivity index (χ0) is 10.8. The lowest BCUT2D eigenvalue weighted by Crippen LogP contribution is -1.95. The molecule has 0 aliphatic carbocycles. The third kappa shape index (κ3) is 2.12. The van der Waals surface area contributed by atoms with E-state index in [1.165, 1.54) is 0 Å². The molecule has 0 amide bonds. The zero-order valence-electron chi connectivity index (χ0n) is 7.58. The molecule has 0 aliphatic rings. The lowest BCUT2D eigenvalue weighted by atomic mass is 10.2. The molecule has 15 heavy (non-hydrogen) atoms. The van der Waals surface area contributed by atoms with E-state index in [9.17, 15) is 0 Å². The van der Waals surface area contributed by atoms with Gasteiger partial charge >= 0.3 is 0 Å². The van der Waals surface area contributed by atoms with Gasteiger partial charge in [0.25, 0.3) is 0 Å². The van der Waals surface area contributed by atoms with Crippen LogP contribution in [-0.4, -0.2) is 10.1 Å². The van der Waals surface area contributed by atoms with Crippen molar-refractivity contribution in [1.29, 1.82) is 0 Å². The van der Waals surface area contributed by atoms with Crippen molar-refractivity contribution < 1.29 is 4.52 Å². The maximum absolute atomic E-state index is 5.98. The number of aromatic nitrogens is 2. The predicted molar refractivity (Wildman–Crippen MR) is 57.6 cm³/mol. The van der Waals surface area contributed by atoms with Crippen molar-refractivity contribution in [3.63, 3.8) is 0 Å². The van der Waals surface area contributed by atoms with Crippen LogP contribution in [0.3, 0.4) is 0 Å². The highest BCUT2D eigenvalue weighted by Crippen LogP contribution is 2.28. The van der Waals surface area contributed by atoms with Gasteiger partial charge in [-0.15, -0.1) is 0 Å². The SMILES string of the molecule is NCc1nc(-c2ccc(Cl)cc2Cl)no1. The van der Waals surface area contributed by atoms with E-state index in [2.05, 4.69) is 10.1 Å². The normalized spacial score (nSPS) is 10.6. The molecule has 2 rings (SSSR count). The molecule has 1 aromatic heterocycles. The fraction of sp³-hybridized carbons (Fsp3) is 0.111. The summed E-state index contributed by atoms with van der Waals surface area (Å²) in [5.41, 5.74) is 6.02. The minimum absolute atomic E-state index is 0.207. The van der Waals surface area contributed by atoms with Gasteiger partial charge in [0.15, 0.2) is 0 Å². The first-order chi connectivity index (χ1) is 7.20. The Bertz CT molecular complexity index is 484. The Balaban J connectivity index is 2.44. The van der Waals surface area contributed by atoms with Crippen LogP contribution in [0.25, 0.3) is 11.4 Å². The fourth-order valence-electron chi connectivity index (χ4n) is 1.12. The number of hydrogen-bond donors (Lipinski definition) is 1. The van der Waals surface area contributed by atoms with Crippen molar-refractivity contribution in [2.45, 2.75) is 6.54 Å². The van der Waals surface area contributed by atoms with Crippen molar-refractivity contribution in [3.05, 3.63) is 34.1 Å². The molecule has 0 saturated carbocycles. The van der Waals surface area contributed by atoms with Crippen LogP contribution in [0.4, 0.5) is 0 Å². The van der Waals surface area contributed by atoms with Crippen molar-refractivity contribution in [2.75, 3.05) is 0 Å². The van der Waals surface area contributed by atoms with Crippen LogP contribution in [-0.2, 0) is 6.54 Å². The second kappa shape index (κ2) is 4.18. The zero-order valence-corrected chi connectivity index (χ0v) is 9.09. The first kappa shape index (κ1) is 10.4. The number of nitrogens with zero attached hydrogens (tertiary/aromatic N) is 2. The Kier molecular flexibility index (Phi) is 2.90. The van der Waals surface area contributed by atoms with Crippen LogP contribution >= 0.6 is 23.2 Å². The predicted octanol–water partition coefficient (Wildman–Crippen LogP) is 2.50. The molecular weight excluding hydrogens is 237 g/mol. The average molecular weight is 244 g/mol. The van der Waals surface area contributed by atoms with Crippen molar-refractivity contribution in [1.82, 2.24) is 10.1 Å². The molecule has 0 spiro atoms. The maximum atomic E-state index is 5.98. The molecule has 0 saturated heterocycles. The van der Waals surface area contributed by atoms with Crippen LogP contribution in [0.2, 0.25) is 10.0 Å². The molecule has 1 heterocycles. The van der Waals surface area contributed by atoms with Gasteiger partial charge in [0, 0.05) is 10.6 Å². The van der Waals surface area contributed by atoms with Crippen LogP contribution in [0, 0.1) is 0 Å². The van der Waals surface area contributed by atoms with Gasteiger partial charge in [0.05, 0.1) is 11.6 Å². The van der Waals surface area contributed by atoms with Gasteiger partial charge in [-0.2, -0.15) is 4.98 Å². The molecule has 2 aromatic rings. The van der Waals surface area contributed by atoms with Gasteiger partial charge in [-0.3, -0.25) is 0 Å². The van der Waals surface area contributed by atoms with Crippen LogP contribution in [0.1, 0.15) is 5.89 Å². The maximum Gasteiger partial charge on any atom is 0.240 e. The van der Waals surface area contributed by atoms with Gasteiger partial charge in [-0.05, 0) is 18.2 Å². The number of nitrogens with two attached hydrogens (primary N) is 1. The van der Waals surface area contributed by atoms with Gasteiger partial charge in [-0.25, -0.2) is 0 Å². The highest BCUT2D eigenvalue weighted by atomic mass is 35.5. The molecule has 1 aromatic carbocycles. The molecule has 0 bridgehead atoms. The summed E-state index contributed by atoms with van der Waals surface area (Å²) < 4.78 is 4.88. The highest BCUT2D eigenvalue weighted by molar-refractivity contribution is 6.36. The van der Waals surface area contributed by atoms with Gasteiger partial charge in [0.1, 0.15) is 0 Å². The van der Waals surface area contributed by atoms with E-state index >= 15 is 0 Å². The molecule has 0 radical (unpaired) electrons. The number of benzene rings is 1. The second-order valence-corrected chi connectivity index (χ2v) is 3.68. The summed E-state index contributed by atoms with van der Waals surface area (Å²) in [5, 5.41) is 4.79. The molecule has 2 N–H and O–H groups in total. The van der Waals surface area contributed by atoms with E-state index < -0.39 is 0 Å². The van der Waals surface area contributed by atoms with Crippen molar-refractivity contribution in [3.8, 4) is 11.4 Å². The minimum atomic E-state index is 0.207. The Morgan fingerprint density at radius 1 is 1.33 bits per heavy atom. The molecule has 0 unspecified atom stereocenters. The quantitative estimate of drug-likeness (QED) is 0.881. The van der Waals surface area contributed by atoms with Crippen LogP contribution in [0.5, 0.6) is 0 Å². The third-order valence-electron chi connectivity index (χ3n) is 1.81. The molecular formula is C9H7Cl2N3O.